The summed E-state index contributed by atoms with van der Waals surface area (Å²) in [5.41, 5.74) is 1.23. The molecular formula is C17H28O4. The van der Waals surface area contributed by atoms with Gasteiger partial charge in [0.2, 0.25) is 0 Å². The molecule has 0 aliphatic carbocycles. The Morgan fingerprint density at radius 1 is 0.714 bits per heavy atom. The highest BCUT2D eigenvalue weighted by Gasteiger charge is 1.94. The SMILES string of the molecule is CCCCOCCOCCOCCOc1ccc(C)cc1. The monoisotopic (exact) mass is 296 g/mol. The lowest BCUT2D eigenvalue weighted by Gasteiger charge is -2.08. The Bertz CT molecular complexity index is 337. The summed E-state index contributed by atoms with van der Waals surface area (Å²) in [7, 11) is 0. The van der Waals surface area contributed by atoms with Gasteiger partial charge in [0.15, 0.2) is 0 Å². The number of hydrogen-bond acceptors (Lipinski definition) is 4. The first-order valence-electron chi connectivity index (χ1n) is 7.75. The van der Waals surface area contributed by atoms with Crippen molar-refractivity contribution < 1.29 is 18.9 Å². The molecule has 0 aliphatic heterocycles. The van der Waals surface area contributed by atoms with Crippen molar-refractivity contribution >= 4 is 0 Å². The summed E-state index contributed by atoms with van der Waals surface area (Å²) in [4.78, 5) is 0. The van der Waals surface area contributed by atoms with Crippen LogP contribution < -0.4 is 4.74 Å². The van der Waals surface area contributed by atoms with E-state index in [0.717, 1.165) is 18.8 Å². The molecule has 4 nitrogen and oxygen atoms in total. The van der Waals surface area contributed by atoms with E-state index in [2.05, 4.69) is 13.8 Å². The average molecular weight is 296 g/mol. The van der Waals surface area contributed by atoms with Crippen molar-refractivity contribution in [2.24, 2.45) is 0 Å². The molecule has 1 aromatic rings. The molecule has 0 amide bonds. The number of rotatable bonds is 13. The minimum Gasteiger partial charge on any atom is -0.491 e. The summed E-state index contributed by atoms with van der Waals surface area (Å²) in [6, 6.07) is 8.01. The molecule has 0 radical (unpaired) electrons. The van der Waals surface area contributed by atoms with Crippen LogP contribution in [0, 0.1) is 6.92 Å². The number of ether oxygens (including phenoxy) is 4. The van der Waals surface area contributed by atoms with Crippen molar-refractivity contribution in [2.75, 3.05) is 46.2 Å². The Balaban J connectivity index is 1.81. The van der Waals surface area contributed by atoms with Crippen LogP contribution in [0.2, 0.25) is 0 Å². The molecule has 0 bridgehead atoms. The largest absolute Gasteiger partial charge is 0.491 e. The first-order valence-corrected chi connectivity index (χ1v) is 7.75. The van der Waals surface area contributed by atoms with Crippen molar-refractivity contribution in [3.8, 4) is 5.75 Å². The molecule has 0 unspecified atom stereocenters. The second kappa shape index (κ2) is 12.6. The average Bonchev–Trinajstić information content (AvgIpc) is 2.50. The minimum absolute atomic E-state index is 0.559. The third-order valence-electron chi connectivity index (χ3n) is 2.90. The zero-order valence-corrected chi connectivity index (χ0v) is 13.3. The Morgan fingerprint density at radius 3 is 1.81 bits per heavy atom. The van der Waals surface area contributed by atoms with Crippen molar-refractivity contribution in [3.63, 3.8) is 0 Å². The van der Waals surface area contributed by atoms with E-state index in [1.165, 1.54) is 12.0 Å². The smallest absolute Gasteiger partial charge is 0.119 e. The van der Waals surface area contributed by atoms with Gasteiger partial charge in [0, 0.05) is 6.61 Å². The van der Waals surface area contributed by atoms with Crippen molar-refractivity contribution in [2.45, 2.75) is 26.7 Å². The highest BCUT2D eigenvalue weighted by atomic mass is 16.6. The van der Waals surface area contributed by atoms with Crippen molar-refractivity contribution in [1.29, 1.82) is 0 Å². The van der Waals surface area contributed by atoms with Crippen LogP contribution in [0.3, 0.4) is 0 Å². The molecule has 0 fully saturated rings. The van der Waals surface area contributed by atoms with Gasteiger partial charge >= 0.3 is 0 Å². The molecule has 1 rings (SSSR count). The summed E-state index contributed by atoms with van der Waals surface area (Å²) < 4.78 is 21.8. The van der Waals surface area contributed by atoms with Gasteiger partial charge in [0.05, 0.1) is 33.0 Å². The molecule has 0 spiro atoms. The van der Waals surface area contributed by atoms with Crippen molar-refractivity contribution in [3.05, 3.63) is 29.8 Å². The Kier molecular flexibility index (Phi) is 10.8. The van der Waals surface area contributed by atoms with Gasteiger partial charge in [-0.3, -0.25) is 0 Å². The fourth-order valence-electron chi connectivity index (χ4n) is 1.64. The van der Waals surface area contributed by atoms with Crippen LogP contribution in [0.5, 0.6) is 5.75 Å². The van der Waals surface area contributed by atoms with Crippen LogP contribution in [0.15, 0.2) is 24.3 Å². The van der Waals surface area contributed by atoms with Crippen LogP contribution in [0.25, 0.3) is 0 Å². The van der Waals surface area contributed by atoms with Crippen molar-refractivity contribution in [1.82, 2.24) is 0 Å². The van der Waals surface area contributed by atoms with Gasteiger partial charge in [-0.2, -0.15) is 0 Å². The fraction of sp³-hybridized carbons (Fsp3) is 0.647. The molecule has 0 aliphatic rings. The zero-order chi connectivity index (χ0) is 15.2. The number of benzene rings is 1. The Hall–Kier alpha value is -1.10. The van der Waals surface area contributed by atoms with Crippen LogP contribution in [0.4, 0.5) is 0 Å². The first-order chi connectivity index (χ1) is 10.3. The van der Waals surface area contributed by atoms with Gasteiger partial charge in [0.25, 0.3) is 0 Å². The lowest BCUT2D eigenvalue weighted by Crippen LogP contribution is -2.12. The third-order valence-corrected chi connectivity index (χ3v) is 2.90. The standard InChI is InChI=1S/C17H28O4/c1-3-4-9-18-10-11-19-12-13-20-14-15-21-17-7-5-16(2)6-8-17/h5-8H,3-4,9-15H2,1-2H3. The molecule has 1 aromatic carbocycles. The highest BCUT2D eigenvalue weighted by Crippen LogP contribution is 2.10. The van der Waals surface area contributed by atoms with Gasteiger partial charge in [-0.05, 0) is 25.5 Å². The van der Waals surface area contributed by atoms with E-state index in [4.69, 9.17) is 18.9 Å². The maximum Gasteiger partial charge on any atom is 0.119 e. The molecular weight excluding hydrogens is 268 g/mol. The lowest BCUT2D eigenvalue weighted by molar-refractivity contribution is 0.00895. The van der Waals surface area contributed by atoms with Gasteiger partial charge in [-0.25, -0.2) is 0 Å². The molecule has 0 N–H and O–H groups in total. The highest BCUT2D eigenvalue weighted by molar-refractivity contribution is 5.26. The lowest BCUT2D eigenvalue weighted by atomic mass is 10.2. The van der Waals surface area contributed by atoms with E-state index in [1.54, 1.807) is 0 Å². The first kappa shape index (κ1) is 18.0. The molecule has 21 heavy (non-hydrogen) atoms. The number of hydrogen-bond donors (Lipinski definition) is 0. The van der Waals surface area contributed by atoms with Crippen LogP contribution >= 0.6 is 0 Å². The normalized spacial score (nSPS) is 10.8. The van der Waals surface area contributed by atoms with Crippen LogP contribution in [-0.4, -0.2) is 46.2 Å². The van der Waals surface area contributed by atoms with E-state index in [0.29, 0.717) is 39.6 Å². The zero-order valence-electron chi connectivity index (χ0n) is 13.3. The van der Waals surface area contributed by atoms with Gasteiger partial charge in [-0.15, -0.1) is 0 Å². The summed E-state index contributed by atoms with van der Waals surface area (Å²) in [6.07, 6.45) is 2.28. The predicted molar refractivity (Wildman–Crippen MR) is 84.0 cm³/mol. The number of unbranched alkanes of at least 4 members (excludes halogenated alkanes) is 1. The molecule has 0 saturated carbocycles. The molecule has 4 heteroatoms. The molecule has 0 atom stereocenters. The van der Waals surface area contributed by atoms with Gasteiger partial charge in [0.1, 0.15) is 12.4 Å². The van der Waals surface area contributed by atoms with E-state index in [-0.39, 0.29) is 0 Å². The summed E-state index contributed by atoms with van der Waals surface area (Å²) in [6.45, 7) is 8.65. The topological polar surface area (TPSA) is 36.9 Å². The molecule has 0 saturated heterocycles. The summed E-state index contributed by atoms with van der Waals surface area (Å²) >= 11 is 0. The second-order valence-corrected chi connectivity index (χ2v) is 4.85. The quantitative estimate of drug-likeness (QED) is 0.524. The molecule has 0 aromatic heterocycles. The minimum atomic E-state index is 0.559. The summed E-state index contributed by atoms with van der Waals surface area (Å²) in [5, 5.41) is 0. The summed E-state index contributed by atoms with van der Waals surface area (Å²) in [5.74, 6) is 0.879. The van der Waals surface area contributed by atoms with E-state index in [9.17, 15) is 0 Å². The second-order valence-electron chi connectivity index (χ2n) is 4.85. The van der Waals surface area contributed by atoms with E-state index >= 15 is 0 Å². The Labute approximate surface area is 128 Å². The molecule has 0 heterocycles. The van der Waals surface area contributed by atoms with Crippen LogP contribution in [-0.2, 0) is 14.2 Å². The maximum absolute atomic E-state index is 5.56. The third kappa shape index (κ3) is 10.3. The van der Waals surface area contributed by atoms with Crippen LogP contribution in [0.1, 0.15) is 25.3 Å². The Morgan fingerprint density at radius 2 is 1.24 bits per heavy atom. The van der Waals surface area contributed by atoms with Gasteiger partial charge in [-0.1, -0.05) is 31.0 Å². The van der Waals surface area contributed by atoms with E-state index in [1.807, 2.05) is 24.3 Å². The van der Waals surface area contributed by atoms with Gasteiger partial charge < -0.3 is 18.9 Å². The molecule has 120 valence electrons. The fourth-order valence-corrected chi connectivity index (χ4v) is 1.64. The predicted octanol–water partition coefficient (Wildman–Crippen LogP) is 3.22. The maximum atomic E-state index is 5.56. The van der Waals surface area contributed by atoms with E-state index < -0.39 is 0 Å². The number of aryl methyl sites for hydroxylation is 1.